The summed E-state index contributed by atoms with van der Waals surface area (Å²) < 4.78 is 12.3. The Bertz CT molecular complexity index is 705. The zero-order valence-electron chi connectivity index (χ0n) is 14.4. The van der Waals surface area contributed by atoms with E-state index in [2.05, 4.69) is 21.2 Å². The molecule has 0 atom stereocenters. The number of rotatable bonds is 6. The topological polar surface area (TPSA) is 47.6 Å². The Hall–Kier alpha value is -2.01. The van der Waals surface area contributed by atoms with Crippen LogP contribution in [0.3, 0.4) is 0 Å². The van der Waals surface area contributed by atoms with Gasteiger partial charge in [0.2, 0.25) is 0 Å². The van der Waals surface area contributed by atoms with E-state index in [0.29, 0.717) is 11.4 Å². The van der Waals surface area contributed by atoms with Crippen molar-refractivity contribution >= 4 is 27.5 Å². The standard InChI is InChI=1S/C19H22BrNO3/c1-12(2)24-16-7-5-6-15(10-16)21-18(22)11-23-17-8-13(3)19(20)14(4)9-17/h5-10,12H,11H2,1-4H3,(H,21,22). The minimum atomic E-state index is -0.213. The van der Waals surface area contributed by atoms with Crippen LogP contribution in [0.2, 0.25) is 0 Å². The molecule has 2 rings (SSSR count). The molecule has 1 amide bonds. The van der Waals surface area contributed by atoms with Gasteiger partial charge in [-0.25, -0.2) is 0 Å². The molecule has 0 heterocycles. The number of carbonyl (C=O) groups is 1. The first-order chi connectivity index (χ1) is 11.3. The van der Waals surface area contributed by atoms with Crippen molar-refractivity contribution in [3.05, 3.63) is 52.0 Å². The Kier molecular flexibility index (Phi) is 6.26. The molecule has 24 heavy (non-hydrogen) atoms. The molecule has 0 spiro atoms. The SMILES string of the molecule is Cc1cc(OCC(=O)Nc2cccc(OC(C)C)c2)cc(C)c1Br. The molecule has 0 radical (unpaired) electrons. The lowest BCUT2D eigenvalue weighted by Crippen LogP contribution is -2.20. The molecule has 128 valence electrons. The third kappa shape index (κ3) is 5.27. The molecule has 0 aromatic heterocycles. The molecule has 4 nitrogen and oxygen atoms in total. The van der Waals surface area contributed by atoms with Crippen LogP contribution in [0.5, 0.6) is 11.5 Å². The van der Waals surface area contributed by atoms with E-state index >= 15 is 0 Å². The van der Waals surface area contributed by atoms with Gasteiger partial charge in [-0.1, -0.05) is 22.0 Å². The van der Waals surface area contributed by atoms with Crippen LogP contribution in [0, 0.1) is 13.8 Å². The van der Waals surface area contributed by atoms with Crippen molar-refractivity contribution < 1.29 is 14.3 Å². The largest absolute Gasteiger partial charge is 0.491 e. The van der Waals surface area contributed by atoms with E-state index in [1.54, 1.807) is 6.07 Å². The highest BCUT2D eigenvalue weighted by Crippen LogP contribution is 2.26. The van der Waals surface area contributed by atoms with Gasteiger partial charge >= 0.3 is 0 Å². The van der Waals surface area contributed by atoms with Crippen LogP contribution in [0.4, 0.5) is 5.69 Å². The lowest BCUT2D eigenvalue weighted by atomic mass is 10.1. The third-order valence-corrected chi connectivity index (χ3v) is 4.52. The quantitative estimate of drug-likeness (QED) is 0.763. The average molecular weight is 392 g/mol. The second-order valence-electron chi connectivity index (χ2n) is 5.90. The minimum Gasteiger partial charge on any atom is -0.491 e. The second kappa shape index (κ2) is 8.20. The van der Waals surface area contributed by atoms with Gasteiger partial charge in [0.25, 0.3) is 5.91 Å². The Balaban J connectivity index is 1.94. The van der Waals surface area contributed by atoms with Crippen molar-refractivity contribution in [2.24, 2.45) is 0 Å². The van der Waals surface area contributed by atoms with Crippen molar-refractivity contribution in [2.45, 2.75) is 33.8 Å². The summed E-state index contributed by atoms with van der Waals surface area (Å²) in [4.78, 5) is 12.1. The Morgan fingerprint density at radius 1 is 1.12 bits per heavy atom. The van der Waals surface area contributed by atoms with Crippen LogP contribution >= 0.6 is 15.9 Å². The van der Waals surface area contributed by atoms with Crippen molar-refractivity contribution in [2.75, 3.05) is 11.9 Å². The summed E-state index contributed by atoms with van der Waals surface area (Å²) >= 11 is 3.51. The number of anilines is 1. The molecular formula is C19H22BrNO3. The predicted octanol–water partition coefficient (Wildman–Crippen LogP) is 4.87. The van der Waals surface area contributed by atoms with E-state index in [1.165, 1.54) is 0 Å². The molecule has 0 aliphatic rings. The van der Waals surface area contributed by atoms with E-state index < -0.39 is 0 Å². The van der Waals surface area contributed by atoms with Gasteiger partial charge in [0.15, 0.2) is 6.61 Å². The minimum absolute atomic E-state index is 0.0459. The summed E-state index contributed by atoms with van der Waals surface area (Å²) in [7, 11) is 0. The molecule has 0 unspecified atom stereocenters. The maximum Gasteiger partial charge on any atom is 0.262 e. The van der Waals surface area contributed by atoms with Crippen LogP contribution in [0.25, 0.3) is 0 Å². The molecule has 0 aliphatic carbocycles. The van der Waals surface area contributed by atoms with Crippen LogP contribution in [0.1, 0.15) is 25.0 Å². The fraction of sp³-hybridized carbons (Fsp3) is 0.316. The number of hydrogen-bond donors (Lipinski definition) is 1. The Labute approximate surface area is 151 Å². The number of hydrogen-bond acceptors (Lipinski definition) is 3. The zero-order chi connectivity index (χ0) is 17.7. The fourth-order valence-corrected chi connectivity index (χ4v) is 2.48. The third-order valence-electron chi connectivity index (χ3n) is 3.27. The van der Waals surface area contributed by atoms with Crippen molar-refractivity contribution in [1.82, 2.24) is 0 Å². The summed E-state index contributed by atoms with van der Waals surface area (Å²) in [6.07, 6.45) is 0.0863. The zero-order valence-corrected chi connectivity index (χ0v) is 15.9. The molecule has 0 saturated heterocycles. The Morgan fingerprint density at radius 2 is 1.79 bits per heavy atom. The molecule has 5 heteroatoms. The number of carbonyl (C=O) groups excluding carboxylic acids is 1. The van der Waals surface area contributed by atoms with Crippen LogP contribution in [0.15, 0.2) is 40.9 Å². The van der Waals surface area contributed by atoms with Gasteiger partial charge in [0.1, 0.15) is 11.5 Å². The highest BCUT2D eigenvalue weighted by Gasteiger charge is 2.08. The molecule has 1 N–H and O–H groups in total. The number of aryl methyl sites for hydroxylation is 2. The lowest BCUT2D eigenvalue weighted by Gasteiger charge is -2.12. The molecule has 2 aromatic rings. The molecular weight excluding hydrogens is 370 g/mol. The molecule has 0 aliphatic heterocycles. The van der Waals surface area contributed by atoms with Crippen molar-refractivity contribution in [3.8, 4) is 11.5 Å². The number of amides is 1. The predicted molar refractivity (Wildman–Crippen MR) is 99.9 cm³/mol. The number of ether oxygens (including phenoxy) is 2. The maximum atomic E-state index is 12.1. The smallest absolute Gasteiger partial charge is 0.262 e. The van der Waals surface area contributed by atoms with Gasteiger partial charge in [-0.05, 0) is 63.1 Å². The van der Waals surface area contributed by atoms with Gasteiger partial charge < -0.3 is 14.8 Å². The van der Waals surface area contributed by atoms with Gasteiger partial charge in [-0.2, -0.15) is 0 Å². The van der Waals surface area contributed by atoms with Crippen LogP contribution in [-0.2, 0) is 4.79 Å². The summed E-state index contributed by atoms with van der Waals surface area (Å²) in [6, 6.07) is 11.1. The number of halogens is 1. The molecule has 0 saturated carbocycles. The van der Waals surface area contributed by atoms with Crippen molar-refractivity contribution in [3.63, 3.8) is 0 Å². The van der Waals surface area contributed by atoms with Crippen LogP contribution < -0.4 is 14.8 Å². The molecule has 0 bridgehead atoms. The average Bonchev–Trinajstić information content (AvgIpc) is 2.50. The first-order valence-electron chi connectivity index (χ1n) is 7.81. The van der Waals surface area contributed by atoms with Gasteiger partial charge in [0.05, 0.1) is 6.10 Å². The van der Waals surface area contributed by atoms with E-state index in [1.807, 2.05) is 58.0 Å². The van der Waals surface area contributed by atoms with Gasteiger partial charge in [0, 0.05) is 16.2 Å². The monoisotopic (exact) mass is 391 g/mol. The first kappa shape index (κ1) is 18.3. The number of nitrogens with one attached hydrogen (secondary N) is 1. The second-order valence-corrected chi connectivity index (χ2v) is 6.70. The lowest BCUT2D eigenvalue weighted by molar-refractivity contribution is -0.118. The van der Waals surface area contributed by atoms with Crippen molar-refractivity contribution in [1.29, 1.82) is 0 Å². The summed E-state index contributed by atoms with van der Waals surface area (Å²) in [5, 5.41) is 2.81. The molecule has 2 aromatic carbocycles. The first-order valence-corrected chi connectivity index (χ1v) is 8.60. The van der Waals surface area contributed by atoms with E-state index in [-0.39, 0.29) is 18.6 Å². The highest BCUT2D eigenvalue weighted by atomic mass is 79.9. The van der Waals surface area contributed by atoms with E-state index in [9.17, 15) is 4.79 Å². The highest BCUT2D eigenvalue weighted by molar-refractivity contribution is 9.10. The number of benzene rings is 2. The van der Waals surface area contributed by atoms with E-state index in [0.717, 1.165) is 21.3 Å². The fourth-order valence-electron chi connectivity index (χ4n) is 2.25. The summed E-state index contributed by atoms with van der Waals surface area (Å²) in [5.74, 6) is 1.19. The maximum absolute atomic E-state index is 12.1. The van der Waals surface area contributed by atoms with Crippen LogP contribution in [-0.4, -0.2) is 18.6 Å². The summed E-state index contributed by atoms with van der Waals surface area (Å²) in [5.41, 5.74) is 2.83. The van der Waals surface area contributed by atoms with E-state index in [4.69, 9.17) is 9.47 Å². The van der Waals surface area contributed by atoms with Gasteiger partial charge in [-0.15, -0.1) is 0 Å². The Morgan fingerprint density at radius 3 is 2.42 bits per heavy atom. The normalized spacial score (nSPS) is 10.6. The van der Waals surface area contributed by atoms with Gasteiger partial charge in [-0.3, -0.25) is 4.79 Å². The molecule has 0 fully saturated rings. The summed E-state index contributed by atoms with van der Waals surface area (Å²) in [6.45, 7) is 7.85.